The molecule has 18 heavy (non-hydrogen) atoms. The Balaban J connectivity index is 3.59. The van der Waals surface area contributed by atoms with Crippen LogP contribution in [0.3, 0.4) is 0 Å². The predicted octanol–water partition coefficient (Wildman–Crippen LogP) is 5.03. The zero-order chi connectivity index (χ0) is 13.6. The van der Waals surface area contributed by atoms with Gasteiger partial charge in [0.15, 0.2) is 0 Å². The third-order valence-corrected chi connectivity index (χ3v) is 2.97. The van der Waals surface area contributed by atoms with Crippen LogP contribution < -0.4 is 0 Å². The molecule has 0 saturated heterocycles. The second-order valence-electron chi connectivity index (χ2n) is 4.92. The fourth-order valence-corrected chi connectivity index (χ4v) is 1.98. The molecule has 0 aromatic heterocycles. The van der Waals surface area contributed by atoms with Crippen LogP contribution in [0.4, 0.5) is 0 Å². The molecule has 2 heteroatoms. The molecule has 106 valence electrons. The molecular formula is C16H30O2. The van der Waals surface area contributed by atoms with E-state index >= 15 is 0 Å². The summed E-state index contributed by atoms with van der Waals surface area (Å²) in [5.74, 6) is -0.183. The molecule has 2 nitrogen and oxygen atoms in total. The van der Waals surface area contributed by atoms with Crippen LogP contribution in [-0.4, -0.2) is 12.1 Å². The molecule has 0 N–H and O–H groups in total. The molecule has 0 heterocycles. The van der Waals surface area contributed by atoms with Crippen LogP contribution in [-0.2, 0) is 9.53 Å². The van der Waals surface area contributed by atoms with Crippen LogP contribution in [0.5, 0.6) is 0 Å². The van der Waals surface area contributed by atoms with Gasteiger partial charge in [-0.05, 0) is 25.3 Å². The molecule has 0 aromatic rings. The van der Waals surface area contributed by atoms with Crippen molar-refractivity contribution in [2.75, 3.05) is 0 Å². The zero-order valence-electron chi connectivity index (χ0n) is 12.4. The Morgan fingerprint density at radius 3 is 2.33 bits per heavy atom. The Kier molecular flexibility index (Phi) is 12.1. The van der Waals surface area contributed by atoms with Crippen molar-refractivity contribution in [1.82, 2.24) is 0 Å². The molecule has 0 saturated carbocycles. The summed E-state index contributed by atoms with van der Waals surface area (Å²) in [7, 11) is 0. The molecule has 0 radical (unpaired) electrons. The number of carbonyl (C=O) groups excluding carboxylic acids is 1. The third-order valence-electron chi connectivity index (χ3n) is 2.97. The largest absolute Gasteiger partial charge is 0.458 e. The van der Waals surface area contributed by atoms with Gasteiger partial charge in [0.2, 0.25) is 0 Å². The Labute approximate surface area is 113 Å². The highest BCUT2D eigenvalue weighted by Crippen LogP contribution is 2.09. The number of rotatable bonds is 11. The summed E-state index contributed by atoms with van der Waals surface area (Å²) in [6, 6.07) is 0. The van der Waals surface area contributed by atoms with Crippen molar-refractivity contribution in [2.45, 2.75) is 84.7 Å². The van der Waals surface area contributed by atoms with Crippen LogP contribution in [0.15, 0.2) is 12.2 Å². The maximum absolute atomic E-state index is 10.9. The summed E-state index contributed by atoms with van der Waals surface area (Å²) in [5.41, 5.74) is 0. The van der Waals surface area contributed by atoms with E-state index in [4.69, 9.17) is 4.74 Å². The minimum atomic E-state index is -0.183. The van der Waals surface area contributed by atoms with Gasteiger partial charge in [0.1, 0.15) is 6.10 Å². The van der Waals surface area contributed by atoms with E-state index in [1.54, 1.807) is 0 Å². The first-order valence-electron chi connectivity index (χ1n) is 7.54. The van der Waals surface area contributed by atoms with Crippen LogP contribution >= 0.6 is 0 Å². The maximum atomic E-state index is 10.9. The lowest BCUT2D eigenvalue weighted by molar-refractivity contribution is -0.144. The van der Waals surface area contributed by atoms with Crippen LogP contribution in [0.2, 0.25) is 0 Å². The molecule has 0 fully saturated rings. The summed E-state index contributed by atoms with van der Waals surface area (Å²) < 4.78 is 5.22. The molecule has 0 aliphatic carbocycles. The molecular weight excluding hydrogens is 224 g/mol. The second kappa shape index (κ2) is 12.7. The van der Waals surface area contributed by atoms with Crippen molar-refractivity contribution in [3.63, 3.8) is 0 Å². The highest BCUT2D eigenvalue weighted by atomic mass is 16.5. The average molecular weight is 254 g/mol. The van der Waals surface area contributed by atoms with Crippen LogP contribution in [0.1, 0.15) is 78.6 Å². The lowest BCUT2D eigenvalue weighted by Crippen LogP contribution is -2.13. The molecule has 1 atom stereocenters. The quantitative estimate of drug-likeness (QED) is 0.294. The maximum Gasteiger partial charge on any atom is 0.303 e. The number of ether oxygens (including phenoxy) is 1. The third kappa shape index (κ3) is 11.7. The van der Waals surface area contributed by atoms with Gasteiger partial charge in [0, 0.05) is 6.92 Å². The highest BCUT2D eigenvalue weighted by Gasteiger charge is 2.05. The number of hydrogen-bond acceptors (Lipinski definition) is 2. The number of carbonyl (C=O) groups is 1. The fraction of sp³-hybridized carbons (Fsp3) is 0.812. The van der Waals surface area contributed by atoms with Crippen molar-refractivity contribution in [2.24, 2.45) is 0 Å². The van der Waals surface area contributed by atoms with Gasteiger partial charge in [0.25, 0.3) is 0 Å². The zero-order valence-corrected chi connectivity index (χ0v) is 12.4. The molecule has 0 rings (SSSR count). The van der Waals surface area contributed by atoms with Crippen molar-refractivity contribution in [3.05, 3.63) is 12.2 Å². The SMILES string of the molecule is CCCCCCCC/C=C\C(CCC)OC(C)=O. The molecule has 0 aliphatic rings. The van der Waals surface area contributed by atoms with E-state index in [0.29, 0.717) is 0 Å². The molecule has 0 spiro atoms. The molecule has 0 aromatic carbocycles. The molecule has 0 aliphatic heterocycles. The van der Waals surface area contributed by atoms with E-state index in [1.165, 1.54) is 45.4 Å². The summed E-state index contributed by atoms with van der Waals surface area (Å²) in [4.78, 5) is 10.9. The molecule has 0 bridgehead atoms. The lowest BCUT2D eigenvalue weighted by atomic mass is 10.1. The van der Waals surface area contributed by atoms with Gasteiger partial charge in [-0.25, -0.2) is 0 Å². The van der Waals surface area contributed by atoms with Gasteiger partial charge < -0.3 is 4.74 Å². The lowest BCUT2D eigenvalue weighted by Gasteiger charge is -2.11. The van der Waals surface area contributed by atoms with Crippen molar-refractivity contribution >= 4 is 5.97 Å². The van der Waals surface area contributed by atoms with Crippen molar-refractivity contribution in [3.8, 4) is 0 Å². The Bertz CT molecular complexity index is 221. The minimum absolute atomic E-state index is 0.0207. The van der Waals surface area contributed by atoms with Crippen molar-refractivity contribution in [1.29, 1.82) is 0 Å². The fourth-order valence-electron chi connectivity index (χ4n) is 1.98. The number of esters is 1. The van der Waals surface area contributed by atoms with Gasteiger partial charge in [-0.1, -0.05) is 58.4 Å². The van der Waals surface area contributed by atoms with E-state index in [-0.39, 0.29) is 12.1 Å². The van der Waals surface area contributed by atoms with Gasteiger partial charge in [0.05, 0.1) is 0 Å². The molecule has 1 unspecified atom stereocenters. The Morgan fingerprint density at radius 2 is 1.72 bits per heavy atom. The van der Waals surface area contributed by atoms with E-state index in [9.17, 15) is 4.79 Å². The number of hydrogen-bond donors (Lipinski definition) is 0. The van der Waals surface area contributed by atoms with E-state index < -0.39 is 0 Å². The molecule has 0 amide bonds. The first kappa shape index (κ1) is 17.2. The first-order valence-corrected chi connectivity index (χ1v) is 7.54. The summed E-state index contributed by atoms with van der Waals surface area (Å²) in [6.45, 7) is 5.83. The van der Waals surface area contributed by atoms with Gasteiger partial charge in [-0.3, -0.25) is 4.79 Å². The monoisotopic (exact) mass is 254 g/mol. The second-order valence-corrected chi connectivity index (χ2v) is 4.92. The summed E-state index contributed by atoms with van der Waals surface area (Å²) >= 11 is 0. The predicted molar refractivity (Wildman–Crippen MR) is 77.6 cm³/mol. The average Bonchev–Trinajstić information content (AvgIpc) is 2.32. The van der Waals surface area contributed by atoms with Crippen LogP contribution in [0, 0.1) is 0 Å². The summed E-state index contributed by atoms with van der Waals surface area (Å²) in [6.07, 6.45) is 15.2. The van der Waals surface area contributed by atoms with Gasteiger partial charge in [-0.15, -0.1) is 0 Å². The topological polar surface area (TPSA) is 26.3 Å². The summed E-state index contributed by atoms with van der Waals surface area (Å²) in [5, 5.41) is 0. The normalized spacial score (nSPS) is 12.8. The smallest absolute Gasteiger partial charge is 0.303 e. The number of unbranched alkanes of at least 4 members (excludes halogenated alkanes) is 6. The Hall–Kier alpha value is -0.790. The van der Waals surface area contributed by atoms with E-state index in [0.717, 1.165) is 19.3 Å². The minimum Gasteiger partial charge on any atom is -0.458 e. The van der Waals surface area contributed by atoms with Gasteiger partial charge in [-0.2, -0.15) is 0 Å². The van der Waals surface area contributed by atoms with Crippen LogP contribution in [0.25, 0.3) is 0 Å². The van der Waals surface area contributed by atoms with Crippen molar-refractivity contribution < 1.29 is 9.53 Å². The first-order chi connectivity index (χ1) is 8.70. The number of allylic oxidation sites excluding steroid dienone is 1. The van der Waals surface area contributed by atoms with E-state index in [2.05, 4.69) is 26.0 Å². The van der Waals surface area contributed by atoms with E-state index in [1.807, 2.05) is 0 Å². The Morgan fingerprint density at radius 1 is 1.06 bits per heavy atom. The highest BCUT2D eigenvalue weighted by molar-refractivity contribution is 5.66. The standard InChI is InChI=1S/C16H30O2/c1-4-6-7-8-9-10-11-12-14-16(13-5-2)18-15(3)17/h12,14,16H,4-11,13H2,1-3H3/b14-12-. The van der Waals surface area contributed by atoms with Gasteiger partial charge >= 0.3 is 5.97 Å².